The quantitative estimate of drug-likeness (QED) is 0.570. The highest BCUT2D eigenvalue weighted by atomic mass is 16.6. The first-order valence-corrected chi connectivity index (χ1v) is 7.38. The van der Waals surface area contributed by atoms with Gasteiger partial charge in [-0.1, -0.05) is 0 Å². The molecule has 0 aliphatic carbocycles. The lowest BCUT2D eigenvalue weighted by Crippen LogP contribution is -2.23. The Morgan fingerprint density at radius 1 is 1.16 bits per heavy atom. The van der Waals surface area contributed by atoms with Gasteiger partial charge in [0, 0.05) is 18.0 Å². The highest BCUT2D eigenvalue weighted by Gasteiger charge is 2.15. The number of nitrogens with two attached hydrogens (primary N) is 2. The minimum absolute atomic E-state index is 0.0968. The van der Waals surface area contributed by atoms with Gasteiger partial charge in [0.05, 0.1) is 6.54 Å². The fourth-order valence-corrected chi connectivity index (χ4v) is 2.17. The Kier molecular flexibility index (Phi) is 4.50. The molecule has 0 atom stereocenters. The van der Waals surface area contributed by atoms with Gasteiger partial charge in [-0.2, -0.15) is 4.98 Å². The molecule has 0 fully saturated rings. The molecule has 10 nitrogen and oxygen atoms in total. The summed E-state index contributed by atoms with van der Waals surface area (Å²) in [5, 5.41) is 5.64. The standard InChI is InChI=1S/C15H16N6O4/c16-12(22)7-19-15-18-6-9(13(17)23)14(21-15)20-8-1-2-10-11(5-8)25-4-3-24-10/h1-2,5-6H,3-4,7H2,(H2,16,22)(H2,17,23)(H2,18,19,20,21). The van der Waals surface area contributed by atoms with E-state index < -0.39 is 11.8 Å². The normalized spacial score (nSPS) is 12.3. The van der Waals surface area contributed by atoms with Crippen molar-refractivity contribution < 1.29 is 19.1 Å². The number of ether oxygens (including phenoxy) is 2. The molecule has 0 unspecified atom stereocenters. The van der Waals surface area contributed by atoms with Crippen molar-refractivity contribution in [2.75, 3.05) is 30.4 Å². The van der Waals surface area contributed by atoms with Gasteiger partial charge in [0.15, 0.2) is 11.5 Å². The van der Waals surface area contributed by atoms with E-state index in [1.54, 1.807) is 18.2 Å². The number of nitrogens with one attached hydrogen (secondary N) is 2. The molecule has 1 aromatic carbocycles. The lowest BCUT2D eigenvalue weighted by Gasteiger charge is -2.19. The second kappa shape index (κ2) is 6.91. The van der Waals surface area contributed by atoms with Crippen molar-refractivity contribution in [3.63, 3.8) is 0 Å². The lowest BCUT2D eigenvalue weighted by atomic mass is 10.2. The third kappa shape index (κ3) is 3.86. The number of benzene rings is 1. The van der Waals surface area contributed by atoms with Crippen molar-refractivity contribution in [2.24, 2.45) is 11.5 Å². The molecular weight excluding hydrogens is 328 g/mol. The molecule has 25 heavy (non-hydrogen) atoms. The van der Waals surface area contributed by atoms with Gasteiger partial charge in [0.2, 0.25) is 11.9 Å². The minimum atomic E-state index is -0.693. The summed E-state index contributed by atoms with van der Waals surface area (Å²) in [6, 6.07) is 5.21. The highest BCUT2D eigenvalue weighted by Crippen LogP contribution is 2.33. The number of aromatic nitrogens is 2. The summed E-state index contributed by atoms with van der Waals surface area (Å²) in [7, 11) is 0. The number of amides is 2. The fourth-order valence-electron chi connectivity index (χ4n) is 2.17. The van der Waals surface area contributed by atoms with Crippen LogP contribution in [0.2, 0.25) is 0 Å². The molecule has 2 aromatic rings. The van der Waals surface area contributed by atoms with E-state index in [1.165, 1.54) is 6.20 Å². The van der Waals surface area contributed by atoms with Gasteiger partial charge in [-0.25, -0.2) is 4.98 Å². The molecule has 0 spiro atoms. The molecule has 0 radical (unpaired) electrons. The SMILES string of the molecule is NC(=O)CNc1ncc(C(N)=O)c(Nc2ccc3c(c2)OCCO3)n1. The van der Waals surface area contributed by atoms with Crippen molar-refractivity contribution in [2.45, 2.75) is 0 Å². The van der Waals surface area contributed by atoms with Crippen LogP contribution in [0.15, 0.2) is 24.4 Å². The minimum Gasteiger partial charge on any atom is -0.486 e. The maximum atomic E-state index is 11.6. The van der Waals surface area contributed by atoms with E-state index in [4.69, 9.17) is 20.9 Å². The third-order valence-electron chi connectivity index (χ3n) is 3.28. The first kappa shape index (κ1) is 16.3. The molecule has 2 amide bonds. The Labute approximate surface area is 142 Å². The van der Waals surface area contributed by atoms with Gasteiger partial charge in [-0.3, -0.25) is 9.59 Å². The highest BCUT2D eigenvalue weighted by molar-refractivity contribution is 5.98. The Morgan fingerprint density at radius 3 is 2.64 bits per heavy atom. The van der Waals surface area contributed by atoms with E-state index in [1.807, 2.05) is 0 Å². The van der Waals surface area contributed by atoms with Crippen LogP contribution in [0, 0.1) is 0 Å². The van der Waals surface area contributed by atoms with E-state index in [-0.39, 0.29) is 23.9 Å². The van der Waals surface area contributed by atoms with Crippen LogP contribution in [0.4, 0.5) is 17.5 Å². The zero-order valence-electron chi connectivity index (χ0n) is 13.1. The predicted octanol–water partition coefficient (Wildman–Crippen LogP) is -0.0125. The van der Waals surface area contributed by atoms with Crippen LogP contribution in [-0.2, 0) is 4.79 Å². The zero-order chi connectivity index (χ0) is 17.8. The van der Waals surface area contributed by atoms with E-state index in [0.29, 0.717) is 30.4 Å². The van der Waals surface area contributed by atoms with E-state index in [9.17, 15) is 9.59 Å². The molecule has 1 aliphatic heterocycles. The predicted molar refractivity (Wildman–Crippen MR) is 88.9 cm³/mol. The third-order valence-corrected chi connectivity index (χ3v) is 3.28. The van der Waals surface area contributed by atoms with Gasteiger partial charge in [0.1, 0.15) is 24.6 Å². The van der Waals surface area contributed by atoms with E-state index >= 15 is 0 Å². The summed E-state index contributed by atoms with van der Waals surface area (Å²) in [5.74, 6) is 0.275. The van der Waals surface area contributed by atoms with Gasteiger partial charge < -0.3 is 31.6 Å². The Balaban J connectivity index is 1.87. The van der Waals surface area contributed by atoms with Crippen molar-refractivity contribution in [1.82, 2.24) is 9.97 Å². The van der Waals surface area contributed by atoms with Crippen molar-refractivity contribution in [3.05, 3.63) is 30.0 Å². The average molecular weight is 344 g/mol. The first-order chi connectivity index (χ1) is 12.0. The van der Waals surface area contributed by atoms with Crippen LogP contribution in [-0.4, -0.2) is 41.5 Å². The van der Waals surface area contributed by atoms with Gasteiger partial charge in [0.25, 0.3) is 5.91 Å². The topological polar surface area (TPSA) is 154 Å². The molecule has 2 heterocycles. The van der Waals surface area contributed by atoms with Crippen molar-refractivity contribution in [3.8, 4) is 11.5 Å². The van der Waals surface area contributed by atoms with Crippen LogP contribution in [0.1, 0.15) is 10.4 Å². The Hall–Kier alpha value is -3.56. The number of nitrogens with zero attached hydrogens (tertiary/aromatic N) is 2. The number of hydrogen-bond acceptors (Lipinski definition) is 8. The molecule has 10 heteroatoms. The number of carbonyl (C=O) groups excluding carboxylic acids is 2. The summed E-state index contributed by atoms with van der Waals surface area (Å²) in [5.41, 5.74) is 11.1. The fraction of sp³-hybridized carbons (Fsp3) is 0.200. The van der Waals surface area contributed by atoms with E-state index in [2.05, 4.69) is 20.6 Å². The molecule has 6 N–H and O–H groups in total. The van der Waals surface area contributed by atoms with Crippen LogP contribution in [0.3, 0.4) is 0 Å². The number of carbonyl (C=O) groups is 2. The molecule has 130 valence electrons. The van der Waals surface area contributed by atoms with Gasteiger partial charge in [-0.05, 0) is 12.1 Å². The largest absolute Gasteiger partial charge is 0.486 e. The van der Waals surface area contributed by atoms with E-state index in [0.717, 1.165) is 0 Å². The van der Waals surface area contributed by atoms with Gasteiger partial charge in [-0.15, -0.1) is 0 Å². The monoisotopic (exact) mass is 344 g/mol. The Morgan fingerprint density at radius 2 is 1.92 bits per heavy atom. The summed E-state index contributed by atoms with van der Waals surface area (Å²) in [6.45, 7) is 0.809. The maximum absolute atomic E-state index is 11.6. The molecular formula is C15H16N6O4. The van der Waals surface area contributed by atoms with Crippen LogP contribution >= 0.6 is 0 Å². The zero-order valence-corrected chi connectivity index (χ0v) is 13.1. The van der Waals surface area contributed by atoms with Crippen LogP contribution < -0.4 is 31.6 Å². The second-order valence-electron chi connectivity index (χ2n) is 5.12. The number of anilines is 3. The average Bonchev–Trinajstić information content (AvgIpc) is 2.59. The molecule has 1 aliphatic rings. The second-order valence-corrected chi connectivity index (χ2v) is 5.12. The number of hydrogen-bond donors (Lipinski definition) is 4. The summed E-state index contributed by atoms with van der Waals surface area (Å²) in [4.78, 5) is 30.5. The van der Waals surface area contributed by atoms with Crippen molar-refractivity contribution >= 4 is 29.3 Å². The number of primary amides is 2. The molecule has 0 saturated carbocycles. The number of fused-ring (bicyclic) bond motifs is 1. The summed E-state index contributed by atoms with van der Waals surface area (Å²) < 4.78 is 11.0. The smallest absolute Gasteiger partial charge is 0.254 e. The van der Waals surface area contributed by atoms with Gasteiger partial charge >= 0.3 is 0 Å². The van der Waals surface area contributed by atoms with Crippen LogP contribution in [0.25, 0.3) is 0 Å². The maximum Gasteiger partial charge on any atom is 0.254 e. The molecule has 1 aromatic heterocycles. The Bertz CT molecular complexity index is 826. The number of rotatable bonds is 6. The summed E-state index contributed by atoms with van der Waals surface area (Å²) in [6.07, 6.45) is 1.26. The molecule has 0 bridgehead atoms. The van der Waals surface area contributed by atoms with Crippen LogP contribution in [0.5, 0.6) is 11.5 Å². The first-order valence-electron chi connectivity index (χ1n) is 7.38. The molecule has 0 saturated heterocycles. The van der Waals surface area contributed by atoms with Crippen molar-refractivity contribution in [1.29, 1.82) is 0 Å². The lowest BCUT2D eigenvalue weighted by molar-refractivity contribution is -0.116. The molecule has 3 rings (SSSR count). The summed E-state index contributed by atoms with van der Waals surface area (Å²) >= 11 is 0.